The molecule has 1 aliphatic carbocycles. The number of benzene rings is 1. The topological polar surface area (TPSA) is 62.3 Å². The van der Waals surface area contributed by atoms with E-state index < -0.39 is 10.8 Å². The highest BCUT2D eigenvalue weighted by Gasteiger charge is 2.44. The Balaban J connectivity index is 1.77. The zero-order chi connectivity index (χ0) is 20.6. The number of amides is 1. The van der Waals surface area contributed by atoms with Crippen molar-refractivity contribution in [2.24, 2.45) is 10.8 Å². The molecule has 0 saturated heterocycles. The number of fused-ring (bicyclic) bond motifs is 2. The number of nitrogens with one attached hydrogen (secondary N) is 1. The minimum Gasteiger partial charge on any atom is -0.338 e. The number of anilines is 3. The van der Waals surface area contributed by atoms with E-state index in [1.807, 2.05) is 60.4 Å². The predicted octanol–water partition coefficient (Wildman–Crippen LogP) is 5.01. The molecular weight excluding hydrogens is 362 g/mol. The molecule has 1 aromatic heterocycles. The normalized spacial score (nSPS) is 25.4. The van der Waals surface area contributed by atoms with Crippen LogP contribution in [0.3, 0.4) is 0 Å². The van der Waals surface area contributed by atoms with Gasteiger partial charge in [-0.15, -0.1) is 0 Å². The van der Waals surface area contributed by atoms with Gasteiger partial charge in [0.15, 0.2) is 0 Å². The van der Waals surface area contributed by atoms with E-state index in [9.17, 15) is 9.59 Å². The van der Waals surface area contributed by atoms with Crippen molar-refractivity contribution in [2.75, 3.05) is 10.2 Å². The summed E-state index contributed by atoms with van der Waals surface area (Å²) < 4.78 is 0. The zero-order valence-corrected chi connectivity index (χ0v) is 17.2. The zero-order valence-electron chi connectivity index (χ0n) is 17.2. The van der Waals surface area contributed by atoms with E-state index in [-0.39, 0.29) is 11.7 Å². The number of aromatic nitrogens is 1. The summed E-state index contributed by atoms with van der Waals surface area (Å²) in [5.41, 5.74) is 1.63. The molecule has 150 valence electrons. The molecule has 2 unspecified atom stereocenters. The summed E-state index contributed by atoms with van der Waals surface area (Å²) in [6.07, 6.45) is 7.75. The number of para-hydroxylation sites is 2. The molecule has 0 fully saturated rings. The number of rotatable bonds is 3. The maximum absolute atomic E-state index is 14.0. The summed E-state index contributed by atoms with van der Waals surface area (Å²) in [7, 11) is 0. The first-order valence-corrected chi connectivity index (χ1v) is 10.2. The van der Waals surface area contributed by atoms with Gasteiger partial charge >= 0.3 is 0 Å². The second kappa shape index (κ2) is 7.14. The van der Waals surface area contributed by atoms with Gasteiger partial charge in [0.1, 0.15) is 11.6 Å². The first-order chi connectivity index (χ1) is 13.9. The van der Waals surface area contributed by atoms with E-state index >= 15 is 0 Å². The third kappa shape index (κ3) is 3.24. The van der Waals surface area contributed by atoms with E-state index in [1.165, 1.54) is 0 Å². The van der Waals surface area contributed by atoms with Gasteiger partial charge in [-0.1, -0.05) is 37.3 Å². The van der Waals surface area contributed by atoms with Crippen LogP contribution in [0.4, 0.5) is 17.2 Å². The fourth-order valence-electron chi connectivity index (χ4n) is 4.24. The summed E-state index contributed by atoms with van der Waals surface area (Å²) in [6.45, 7) is 6.11. The predicted molar refractivity (Wildman–Crippen MR) is 115 cm³/mol. The average molecular weight is 389 g/mol. The number of ketones is 1. The van der Waals surface area contributed by atoms with Crippen LogP contribution >= 0.6 is 0 Å². The van der Waals surface area contributed by atoms with Crippen LogP contribution < -0.4 is 10.2 Å². The highest BCUT2D eigenvalue weighted by atomic mass is 16.2. The largest absolute Gasteiger partial charge is 0.338 e. The van der Waals surface area contributed by atoms with Crippen molar-refractivity contribution in [3.05, 3.63) is 60.3 Å². The van der Waals surface area contributed by atoms with Crippen LogP contribution in [-0.2, 0) is 16.1 Å². The van der Waals surface area contributed by atoms with Gasteiger partial charge in [0.25, 0.3) is 0 Å². The molecule has 1 aromatic carbocycles. The lowest BCUT2D eigenvalue weighted by atomic mass is 9.66. The molecule has 2 aliphatic rings. The van der Waals surface area contributed by atoms with Gasteiger partial charge in [-0.3, -0.25) is 9.59 Å². The molecule has 1 aliphatic heterocycles. The summed E-state index contributed by atoms with van der Waals surface area (Å²) >= 11 is 0. The van der Waals surface area contributed by atoms with Crippen molar-refractivity contribution >= 4 is 28.9 Å². The number of allylic oxidation sites excluding steroid dienone is 1. The van der Waals surface area contributed by atoms with Crippen molar-refractivity contribution in [3.8, 4) is 0 Å². The first-order valence-electron chi connectivity index (χ1n) is 10.2. The Bertz CT molecular complexity index is 999. The third-order valence-electron chi connectivity index (χ3n) is 6.63. The van der Waals surface area contributed by atoms with Crippen LogP contribution in [0.5, 0.6) is 0 Å². The monoisotopic (exact) mass is 389 g/mol. The molecule has 4 rings (SSSR count). The SMILES string of the molecule is CCC1(C(=O)N2Cc3cccnc3Nc3ccccc32)C=CC(C)(C(C)=O)CC1. The van der Waals surface area contributed by atoms with Crippen LogP contribution in [0.25, 0.3) is 0 Å². The Labute approximate surface area is 171 Å². The van der Waals surface area contributed by atoms with Crippen LogP contribution in [0.15, 0.2) is 54.7 Å². The second-order valence-electron chi connectivity index (χ2n) is 8.36. The minimum absolute atomic E-state index is 0.0767. The quantitative estimate of drug-likeness (QED) is 0.749. The molecule has 1 amide bonds. The molecule has 2 heterocycles. The maximum atomic E-state index is 14.0. The molecule has 29 heavy (non-hydrogen) atoms. The summed E-state index contributed by atoms with van der Waals surface area (Å²) in [6, 6.07) is 11.8. The van der Waals surface area contributed by atoms with Crippen molar-refractivity contribution in [3.63, 3.8) is 0 Å². The first kappa shape index (κ1) is 19.4. The Morgan fingerprint density at radius 1 is 1.14 bits per heavy atom. The third-order valence-corrected chi connectivity index (χ3v) is 6.63. The number of nitrogens with zero attached hydrogens (tertiary/aromatic N) is 2. The molecule has 5 nitrogen and oxygen atoms in total. The highest BCUT2D eigenvalue weighted by molar-refractivity contribution is 6.02. The summed E-state index contributed by atoms with van der Waals surface area (Å²) in [4.78, 5) is 32.4. The van der Waals surface area contributed by atoms with Crippen molar-refractivity contribution in [1.82, 2.24) is 4.98 Å². The highest BCUT2D eigenvalue weighted by Crippen LogP contribution is 2.45. The number of carbonyl (C=O) groups is 2. The Kier molecular flexibility index (Phi) is 4.77. The van der Waals surface area contributed by atoms with Crippen LogP contribution in [0, 0.1) is 10.8 Å². The molecule has 2 aromatic rings. The fourth-order valence-corrected chi connectivity index (χ4v) is 4.24. The lowest BCUT2D eigenvalue weighted by Crippen LogP contribution is -2.45. The number of hydrogen-bond donors (Lipinski definition) is 1. The molecule has 0 bridgehead atoms. The molecule has 0 spiro atoms. The molecule has 2 atom stereocenters. The van der Waals surface area contributed by atoms with E-state index in [2.05, 4.69) is 17.2 Å². The molecular formula is C24H27N3O2. The molecule has 0 radical (unpaired) electrons. The fraction of sp³-hybridized carbons (Fsp3) is 0.375. The Morgan fingerprint density at radius 3 is 2.62 bits per heavy atom. The van der Waals surface area contributed by atoms with Gasteiger partial charge in [0.2, 0.25) is 5.91 Å². The number of pyridine rings is 1. The number of carbonyl (C=O) groups excluding carboxylic acids is 2. The minimum atomic E-state index is -0.602. The van der Waals surface area contributed by atoms with E-state index in [0.29, 0.717) is 25.8 Å². The van der Waals surface area contributed by atoms with E-state index in [4.69, 9.17) is 0 Å². The van der Waals surface area contributed by atoms with Gasteiger partial charge in [0, 0.05) is 17.2 Å². The van der Waals surface area contributed by atoms with Crippen LogP contribution in [-0.4, -0.2) is 16.7 Å². The van der Waals surface area contributed by atoms with Gasteiger partial charge < -0.3 is 10.2 Å². The summed E-state index contributed by atoms with van der Waals surface area (Å²) in [5.74, 6) is 1.01. The van der Waals surface area contributed by atoms with Crippen LogP contribution in [0.2, 0.25) is 0 Å². The number of Topliss-reactive ketones (excluding diaryl/α,β-unsaturated/α-hetero) is 1. The van der Waals surface area contributed by atoms with Gasteiger partial charge in [-0.2, -0.15) is 0 Å². The van der Waals surface area contributed by atoms with Gasteiger partial charge in [0.05, 0.1) is 23.3 Å². The number of hydrogen-bond acceptors (Lipinski definition) is 4. The van der Waals surface area contributed by atoms with E-state index in [1.54, 1.807) is 13.1 Å². The molecule has 0 saturated carbocycles. The van der Waals surface area contributed by atoms with E-state index in [0.717, 1.165) is 22.8 Å². The Morgan fingerprint density at radius 2 is 1.93 bits per heavy atom. The van der Waals surface area contributed by atoms with Crippen molar-refractivity contribution in [2.45, 2.75) is 46.6 Å². The smallest absolute Gasteiger partial charge is 0.237 e. The second-order valence-corrected chi connectivity index (χ2v) is 8.36. The lowest BCUT2D eigenvalue weighted by Gasteiger charge is -2.40. The van der Waals surface area contributed by atoms with Crippen LogP contribution in [0.1, 0.15) is 45.6 Å². The van der Waals surface area contributed by atoms with Crippen molar-refractivity contribution in [1.29, 1.82) is 0 Å². The van der Waals surface area contributed by atoms with Crippen molar-refractivity contribution < 1.29 is 9.59 Å². The average Bonchev–Trinajstić information content (AvgIpc) is 2.90. The molecule has 5 heteroatoms. The van der Waals surface area contributed by atoms with Gasteiger partial charge in [-0.05, 0) is 51.3 Å². The molecule has 1 N–H and O–H groups in total. The van der Waals surface area contributed by atoms with Gasteiger partial charge in [-0.25, -0.2) is 4.98 Å². The summed E-state index contributed by atoms with van der Waals surface area (Å²) in [5, 5.41) is 3.38. The maximum Gasteiger partial charge on any atom is 0.237 e. The standard InChI is InChI=1S/C24H27N3O2/c1-4-24(13-11-23(3,12-14-24)17(2)28)22(29)27-16-18-8-7-15-25-21(18)26-19-9-5-6-10-20(19)27/h5-11,13,15H,4,12,14,16H2,1-3H3,(H,25,26). The lowest BCUT2D eigenvalue weighted by molar-refractivity contribution is -0.129. The Hall–Kier alpha value is -2.95.